The minimum Gasteiger partial charge on any atom is -0.364 e. The molecule has 0 unspecified atom stereocenters. The van der Waals surface area contributed by atoms with Crippen LogP contribution < -0.4 is 0 Å². The summed E-state index contributed by atoms with van der Waals surface area (Å²) < 4.78 is 11.3. The van der Waals surface area contributed by atoms with E-state index in [2.05, 4.69) is 9.83 Å². The number of H-pyrrole nitrogens is 1. The minimum absolute atomic E-state index is 0.394. The van der Waals surface area contributed by atoms with Crippen LogP contribution in [0.15, 0.2) is 6.20 Å². The molecule has 78 valence electrons. The van der Waals surface area contributed by atoms with Crippen LogP contribution in [0.1, 0.15) is 17.5 Å². The second kappa shape index (κ2) is 3.09. The van der Waals surface area contributed by atoms with Gasteiger partial charge in [0.1, 0.15) is 0 Å². The third-order valence-corrected chi connectivity index (χ3v) is 3.20. The van der Waals surface area contributed by atoms with Gasteiger partial charge in [-0.25, -0.2) is 0 Å². The number of fused-ring (bicyclic) bond motifs is 1. The maximum absolute atomic E-state index is 7.03. The van der Waals surface area contributed by atoms with Crippen LogP contribution in [0.4, 0.5) is 5.82 Å². The van der Waals surface area contributed by atoms with Crippen molar-refractivity contribution in [3.8, 4) is 0 Å². The second-order valence-corrected chi connectivity index (χ2v) is 4.04. The summed E-state index contributed by atoms with van der Waals surface area (Å²) in [6.45, 7) is 8.41. The summed E-state index contributed by atoms with van der Waals surface area (Å²) in [5.74, 6) is 0.284. The van der Waals surface area contributed by atoms with Gasteiger partial charge in [-0.15, -0.1) is 0 Å². The molecule has 1 aliphatic carbocycles. The van der Waals surface area contributed by atoms with Crippen LogP contribution in [0, 0.1) is 6.57 Å². The monoisotopic (exact) mass is 204 g/mol. The number of rotatable bonds is 0. The fraction of sp³-hybridized carbons (Fsp3) is 0.545. The van der Waals surface area contributed by atoms with E-state index < -0.39 is 5.79 Å². The van der Waals surface area contributed by atoms with Crippen molar-refractivity contribution in [1.82, 2.24) is 4.98 Å². The van der Waals surface area contributed by atoms with E-state index >= 15 is 0 Å². The summed E-state index contributed by atoms with van der Waals surface area (Å²) in [6.07, 6.45) is 4.42. The molecular weight excluding hydrogens is 192 g/mol. The van der Waals surface area contributed by atoms with Crippen molar-refractivity contribution in [1.29, 1.82) is 0 Å². The highest BCUT2D eigenvalue weighted by molar-refractivity contribution is 5.52. The van der Waals surface area contributed by atoms with Crippen LogP contribution in [0.2, 0.25) is 0 Å². The molecule has 0 bridgehead atoms. The number of ether oxygens (including phenoxy) is 2. The number of hydrogen-bond acceptors (Lipinski definition) is 2. The molecule has 3 rings (SSSR count). The van der Waals surface area contributed by atoms with E-state index in [0.717, 1.165) is 24.8 Å². The molecule has 2 heterocycles. The lowest BCUT2D eigenvalue weighted by Crippen LogP contribution is -2.36. The van der Waals surface area contributed by atoms with Gasteiger partial charge in [0.2, 0.25) is 5.82 Å². The molecule has 1 aliphatic heterocycles. The highest BCUT2D eigenvalue weighted by Crippen LogP contribution is 2.38. The first kappa shape index (κ1) is 8.96. The van der Waals surface area contributed by atoms with Crippen LogP contribution in [-0.2, 0) is 22.3 Å². The van der Waals surface area contributed by atoms with Crippen molar-refractivity contribution in [3.05, 3.63) is 28.7 Å². The van der Waals surface area contributed by atoms with Gasteiger partial charge in [-0.3, -0.25) is 0 Å². The quantitative estimate of drug-likeness (QED) is 0.654. The molecule has 0 saturated carbocycles. The predicted molar refractivity (Wildman–Crippen MR) is 53.7 cm³/mol. The Morgan fingerprint density at radius 1 is 1.40 bits per heavy atom. The van der Waals surface area contributed by atoms with E-state index in [1.54, 1.807) is 0 Å². The van der Waals surface area contributed by atoms with Gasteiger partial charge >= 0.3 is 0 Å². The van der Waals surface area contributed by atoms with Crippen molar-refractivity contribution < 1.29 is 9.47 Å². The van der Waals surface area contributed by atoms with Crippen LogP contribution in [0.3, 0.4) is 0 Å². The summed E-state index contributed by atoms with van der Waals surface area (Å²) in [4.78, 5) is 6.48. The highest BCUT2D eigenvalue weighted by Gasteiger charge is 2.40. The number of aromatic amines is 1. The molecule has 1 saturated heterocycles. The second-order valence-electron chi connectivity index (χ2n) is 4.04. The SMILES string of the molecule is [C-]#[N+]c1[nH]cc2c1CCC1(C2)OCCO1. The third-order valence-electron chi connectivity index (χ3n) is 3.20. The first-order valence-electron chi connectivity index (χ1n) is 5.17. The van der Waals surface area contributed by atoms with Crippen molar-refractivity contribution in [2.24, 2.45) is 0 Å². The van der Waals surface area contributed by atoms with Gasteiger partial charge < -0.3 is 19.3 Å². The number of nitrogens with zero attached hydrogens (tertiary/aromatic N) is 1. The summed E-state index contributed by atoms with van der Waals surface area (Å²) in [5, 5.41) is 0. The Hall–Kier alpha value is -1.31. The molecule has 0 amide bonds. The van der Waals surface area contributed by atoms with Gasteiger partial charge in [0.25, 0.3) is 0 Å². The average Bonchev–Trinajstić information content (AvgIpc) is 2.85. The zero-order valence-electron chi connectivity index (χ0n) is 8.38. The summed E-state index contributed by atoms with van der Waals surface area (Å²) in [6, 6.07) is 0. The summed E-state index contributed by atoms with van der Waals surface area (Å²) >= 11 is 0. The van der Waals surface area contributed by atoms with Crippen LogP contribution in [0.5, 0.6) is 0 Å². The lowest BCUT2D eigenvalue weighted by molar-refractivity contribution is -0.163. The van der Waals surface area contributed by atoms with Crippen molar-refractivity contribution in [3.63, 3.8) is 0 Å². The molecule has 0 aromatic carbocycles. The smallest absolute Gasteiger partial charge is 0.231 e. The molecule has 4 heteroatoms. The Balaban J connectivity index is 1.94. The van der Waals surface area contributed by atoms with E-state index in [-0.39, 0.29) is 0 Å². The fourth-order valence-corrected chi connectivity index (χ4v) is 2.46. The number of aromatic nitrogens is 1. The van der Waals surface area contributed by atoms with Crippen molar-refractivity contribution in [2.75, 3.05) is 13.2 Å². The topological polar surface area (TPSA) is 38.6 Å². The van der Waals surface area contributed by atoms with Crippen LogP contribution in [-0.4, -0.2) is 24.0 Å². The molecule has 1 aromatic rings. The lowest BCUT2D eigenvalue weighted by Gasteiger charge is -2.31. The molecule has 0 radical (unpaired) electrons. The Bertz CT molecular complexity index is 424. The normalized spacial score (nSPS) is 22.6. The standard InChI is InChI=1S/C11H12N2O2/c1-12-10-9-2-3-11(14-4-5-15-11)6-8(9)7-13-10/h7,13H,2-6H2. The first-order valence-corrected chi connectivity index (χ1v) is 5.17. The molecule has 15 heavy (non-hydrogen) atoms. The largest absolute Gasteiger partial charge is 0.364 e. The van der Waals surface area contributed by atoms with Gasteiger partial charge in [-0.05, 0) is 17.5 Å². The van der Waals surface area contributed by atoms with E-state index in [0.29, 0.717) is 19.0 Å². The zero-order chi connectivity index (χ0) is 10.3. The van der Waals surface area contributed by atoms with Gasteiger partial charge in [0.15, 0.2) is 5.79 Å². The van der Waals surface area contributed by atoms with Gasteiger partial charge in [-0.2, -0.15) is 0 Å². The Kier molecular flexibility index (Phi) is 1.84. The molecule has 2 aliphatic rings. The average molecular weight is 204 g/mol. The maximum atomic E-state index is 7.03. The zero-order valence-corrected chi connectivity index (χ0v) is 8.38. The number of hydrogen-bond donors (Lipinski definition) is 1. The van der Waals surface area contributed by atoms with Crippen LogP contribution >= 0.6 is 0 Å². The van der Waals surface area contributed by atoms with E-state index in [1.807, 2.05) is 6.20 Å². The van der Waals surface area contributed by atoms with Gasteiger partial charge in [0, 0.05) is 12.8 Å². The molecule has 1 spiro atoms. The highest BCUT2D eigenvalue weighted by atomic mass is 16.7. The predicted octanol–water partition coefficient (Wildman–Crippen LogP) is 1.80. The number of nitrogens with one attached hydrogen (secondary N) is 1. The molecule has 1 fully saturated rings. The Morgan fingerprint density at radius 2 is 2.20 bits per heavy atom. The van der Waals surface area contributed by atoms with Crippen molar-refractivity contribution >= 4 is 5.82 Å². The van der Waals surface area contributed by atoms with Gasteiger partial charge in [-0.1, -0.05) is 6.57 Å². The van der Waals surface area contributed by atoms with Crippen molar-refractivity contribution in [2.45, 2.75) is 25.0 Å². The van der Waals surface area contributed by atoms with E-state index in [4.69, 9.17) is 16.0 Å². The van der Waals surface area contributed by atoms with E-state index in [9.17, 15) is 0 Å². The minimum atomic E-state index is -0.394. The maximum Gasteiger partial charge on any atom is 0.231 e. The summed E-state index contributed by atoms with van der Waals surface area (Å²) in [5.41, 5.74) is 2.32. The Labute approximate surface area is 88.0 Å². The lowest BCUT2D eigenvalue weighted by atomic mass is 9.90. The third kappa shape index (κ3) is 1.28. The molecule has 0 atom stereocenters. The first-order chi connectivity index (χ1) is 7.33. The molecule has 1 aromatic heterocycles. The molecule has 4 nitrogen and oxygen atoms in total. The van der Waals surface area contributed by atoms with Gasteiger partial charge in [0.05, 0.1) is 19.4 Å². The van der Waals surface area contributed by atoms with Crippen LogP contribution in [0.25, 0.3) is 4.85 Å². The molecular formula is C11H12N2O2. The van der Waals surface area contributed by atoms with E-state index in [1.165, 1.54) is 5.56 Å². The summed E-state index contributed by atoms with van der Waals surface area (Å²) in [7, 11) is 0. The molecule has 1 N–H and O–H groups in total. The fourth-order valence-electron chi connectivity index (χ4n) is 2.46. The Morgan fingerprint density at radius 3 is 2.93 bits per heavy atom.